The Morgan fingerprint density at radius 3 is 2.53 bits per heavy atom. The number of hydrogen-bond acceptors (Lipinski definition) is 3. The highest BCUT2D eigenvalue weighted by molar-refractivity contribution is 7.98. The predicted molar refractivity (Wildman–Crippen MR) is 85.2 cm³/mol. The van der Waals surface area contributed by atoms with Gasteiger partial charge in [0, 0.05) is 16.2 Å². The third-order valence-electron chi connectivity index (χ3n) is 2.79. The van der Waals surface area contributed by atoms with Crippen LogP contribution in [0.5, 0.6) is 0 Å². The van der Waals surface area contributed by atoms with Gasteiger partial charge in [-0.2, -0.15) is 0 Å². The van der Waals surface area contributed by atoms with E-state index in [1.807, 2.05) is 6.07 Å². The lowest BCUT2D eigenvalue weighted by atomic mass is 10.1. The lowest BCUT2D eigenvalue weighted by Crippen LogP contribution is -2.00. The van der Waals surface area contributed by atoms with Crippen molar-refractivity contribution in [3.63, 3.8) is 0 Å². The molecule has 0 unspecified atom stereocenters. The monoisotopic (exact) mass is 290 g/mol. The Hall–Kier alpha value is -1.13. The van der Waals surface area contributed by atoms with Crippen molar-refractivity contribution in [3.05, 3.63) is 40.7 Å². The molecule has 0 spiro atoms. The maximum atomic E-state index is 5.25. The zero-order valence-corrected chi connectivity index (χ0v) is 13.1. The number of thioether (sulfide) groups is 1. The molecule has 4 heteroatoms. The molecule has 0 amide bonds. The van der Waals surface area contributed by atoms with Crippen LogP contribution in [-0.4, -0.2) is 16.2 Å². The third-order valence-corrected chi connectivity index (χ3v) is 3.74. The Labute approximate surface area is 123 Å². The fourth-order valence-corrected chi connectivity index (χ4v) is 2.58. The summed E-state index contributed by atoms with van der Waals surface area (Å²) >= 11 is 6.99. The number of benzene rings is 1. The number of aromatic nitrogens is 2. The highest BCUT2D eigenvalue weighted by atomic mass is 32.2. The quantitative estimate of drug-likeness (QED) is 0.652. The lowest BCUT2D eigenvalue weighted by molar-refractivity contribution is 0.634. The van der Waals surface area contributed by atoms with E-state index in [1.165, 1.54) is 4.90 Å². The largest absolute Gasteiger partial charge is 0.343 e. The third kappa shape index (κ3) is 3.91. The van der Waals surface area contributed by atoms with Gasteiger partial charge in [-0.15, -0.1) is 11.8 Å². The number of H-pyrrole nitrogens is 1. The molecule has 0 saturated carbocycles. The Bertz CT molecular complexity index is 600. The average molecular weight is 290 g/mol. The van der Waals surface area contributed by atoms with Gasteiger partial charge >= 0.3 is 0 Å². The van der Waals surface area contributed by atoms with Crippen LogP contribution < -0.4 is 0 Å². The van der Waals surface area contributed by atoms with Gasteiger partial charge in [0.1, 0.15) is 10.5 Å². The van der Waals surface area contributed by atoms with Gasteiger partial charge in [0.2, 0.25) is 0 Å². The molecule has 0 aliphatic carbocycles. The summed E-state index contributed by atoms with van der Waals surface area (Å²) in [7, 11) is 0. The van der Waals surface area contributed by atoms with E-state index < -0.39 is 0 Å². The SMILES string of the molecule is CSc1ccc(-c2nc(=S)cc(CC(C)C)[nH]2)cc1. The normalized spacial score (nSPS) is 10.9. The Morgan fingerprint density at radius 2 is 1.95 bits per heavy atom. The molecule has 2 rings (SSSR count). The molecular formula is C15H18N2S2. The van der Waals surface area contributed by atoms with Gasteiger partial charge in [-0.05, 0) is 36.8 Å². The second-order valence-corrected chi connectivity index (χ2v) is 6.22. The molecule has 0 aliphatic heterocycles. The van der Waals surface area contributed by atoms with Crippen molar-refractivity contribution in [2.24, 2.45) is 5.92 Å². The molecule has 1 aromatic heterocycles. The predicted octanol–water partition coefficient (Wildman–Crippen LogP) is 4.73. The van der Waals surface area contributed by atoms with Crippen LogP contribution in [0, 0.1) is 10.6 Å². The van der Waals surface area contributed by atoms with E-state index in [-0.39, 0.29) is 0 Å². The van der Waals surface area contributed by atoms with Gasteiger partial charge in [0.15, 0.2) is 0 Å². The van der Waals surface area contributed by atoms with Gasteiger partial charge < -0.3 is 4.98 Å². The molecule has 0 atom stereocenters. The Kier molecular flexibility index (Phi) is 4.77. The van der Waals surface area contributed by atoms with Gasteiger partial charge in [-0.25, -0.2) is 4.98 Å². The number of nitrogens with zero attached hydrogens (tertiary/aromatic N) is 1. The van der Waals surface area contributed by atoms with Crippen molar-refractivity contribution >= 4 is 24.0 Å². The average Bonchev–Trinajstić information content (AvgIpc) is 2.37. The maximum absolute atomic E-state index is 5.25. The van der Waals surface area contributed by atoms with Crippen molar-refractivity contribution in [2.45, 2.75) is 25.2 Å². The first-order valence-corrected chi connectivity index (χ1v) is 7.96. The van der Waals surface area contributed by atoms with Crippen molar-refractivity contribution in [1.29, 1.82) is 0 Å². The zero-order chi connectivity index (χ0) is 13.8. The van der Waals surface area contributed by atoms with E-state index in [2.05, 4.69) is 54.3 Å². The molecule has 0 fully saturated rings. The molecule has 0 bridgehead atoms. The molecule has 0 radical (unpaired) electrons. The van der Waals surface area contributed by atoms with E-state index in [9.17, 15) is 0 Å². The summed E-state index contributed by atoms with van der Waals surface area (Å²) in [5, 5.41) is 0. The van der Waals surface area contributed by atoms with E-state index in [1.54, 1.807) is 11.8 Å². The molecule has 1 aromatic carbocycles. The molecule has 0 aliphatic rings. The van der Waals surface area contributed by atoms with Crippen molar-refractivity contribution in [3.8, 4) is 11.4 Å². The van der Waals surface area contributed by atoms with E-state index in [0.717, 1.165) is 23.5 Å². The highest BCUT2D eigenvalue weighted by Crippen LogP contribution is 2.21. The topological polar surface area (TPSA) is 28.7 Å². The fraction of sp³-hybridized carbons (Fsp3) is 0.333. The smallest absolute Gasteiger partial charge is 0.139 e. The van der Waals surface area contributed by atoms with Crippen LogP contribution in [0.2, 0.25) is 0 Å². The molecule has 1 heterocycles. The Balaban J connectivity index is 2.37. The van der Waals surface area contributed by atoms with Crippen LogP contribution in [0.1, 0.15) is 19.5 Å². The lowest BCUT2D eigenvalue weighted by Gasteiger charge is -2.08. The first-order chi connectivity index (χ1) is 9.08. The number of hydrogen-bond donors (Lipinski definition) is 1. The second kappa shape index (κ2) is 6.35. The molecule has 100 valence electrons. The van der Waals surface area contributed by atoms with Crippen LogP contribution in [0.4, 0.5) is 0 Å². The standard InChI is InChI=1S/C15H18N2S2/c1-10(2)8-12-9-14(18)17-15(16-12)11-4-6-13(19-3)7-5-11/h4-7,9-10H,8H2,1-3H3,(H,16,17,18). The molecule has 2 nitrogen and oxygen atoms in total. The first kappa shape index (κ1) is 14.3. The molecular weight excluding hydrogens is 272 g/mol. The minimum absolute atomic E-state index is 0.597. The molecule has 2 aromatic rings. The summed E-state index contributed by atoms with van der Waals surface area (Å²) in [6.07, 6.45) is 3.06. The number of rotatable bonds is 4. The zero-order valence-electron chi connectivity index (χ0n) is 11.4. The first-order valence-electron chi connectivity index (χ1n) is 6.33. The minimum atomic E-state index is 0.597. The Morgan fingerprint density at radius 1 is 1.26 bits per heavy atom. The van der Waals surface area contributed by atoms with Crippen LogP contribution >= 0.6 is 24.0 Å². The van der Waals surface area contributed by atoms with E-state index in [4.69, 9.17) is 12.2 Å². The summed E-state index contributed by atoms with van der Waals surface area (Å²) < 4.78 is 0.651. The van der Waals surface area contributed by atoms with Crippen LogP contribution in [0.25, 0.3) is 11.4 Å². The van der Waals surface area contributed by atoms with Gasteiger partial charge in [0.25, 0.3) is 0 Å². The highest BCUT2D eigenvalue weighted by Gasteiger charge is 2.04. The maximum Gasteiger partial charge on any atom is 0.139 e. The van der Waals surface area contributed by atoms with Crippen molar-refractivity contribution < 1.29 is 0 Å². The summed E-state index contributed by atoms with van der Waals surface area (Å²) in [6, 6.07) is 10.3. The molecule has 1 N–H and O–H groups in total. The van der Waals surface area contributed by atoms with Crippen molar-refractivity contribution in [1.82, 2.24) is 9.97 Å². The van der Waals surface area contributed by atoms with Gasteiger partial charge in [0.05, 0.1) is 0 Å². The second-order valence-electron chi connectivity index (χ2n) is 4.92. The number of nitrogens with one attached hydrogen (secondary N) is 1. The summed E-state index contributed by atoms with van der Waals surface area (Å²) in [5.74, 6) is 1.45. The van der Waals surface area contributed by atoms with Crippen LogP contribution in [0.3, 0.4) is 0 Å². The molecule has 0 saturated heterocycles. The minimum Gasteiger partial charge on any atom is -0.343 e. The summed E-state index contributed by atoms with van der Waals surface area (Å²) in [4.78, 5) is 9.06. The van der Waals surface area contributed by atoms with Crippen LogP contribution in [0.15, 0.2) is 35.2 Å². The van der Waals surface area contributed by atoms with Crippen molar-refractivity contribution in [2.75, 3.05) is 6.26 Å². The van der Waals surface area contributed by atoms with Gasteiger partial charge in [-0.1, -0.05) is 38.2 Å². The summed E-state index contributed by atoms with van der Waals surface area (Å²) in [5.41, 5.74) is 2.23. The van der Waals surface area contributed by atoms with E-state index in [0.29, 0.717) is 10.6 Å². The summed E-state index contributed by atoms with van der Waals surface area (Å²) in [6.45, 7) is 4.40. The van der Waals surface area contributed by atoms with Gasteiger partial charge in [-0.3, -0.25) is 0 Å². The molecule has 19 heavy (non-hydrogen) atoms. The van der Waals surface area contributed by atoms with Crippen LogP contribution in [-0.2, 0) is 6.42 Å². The van der Waals surface area contributed by atoms with E-state index >= 15 is 0 Å². The number of aromatic amines is 1. The fourth-order valence-electron chi connectivity index (χ4n) is 1.94.